The summed E-state index contributed by atoms with van der Waals surface area (Å²) in [6, 6.07) is 19.0. The highest BCUT2D eigenvalue weighted by molar-refractivity contribution is 6.32. The Labute approximate surface area is 207 Å². The fraction of sp³-hybridized carbons (Fsp3) is 0.111. The lowest BCUT2D eigenvalue weighted by Gasteiger charge is -2.16. The van der Waals surface area contributed by atoms with Crippen molar-refractivity contribution in [1.29, 1.82) is 5.26 Å². The number of anilines is 2. The van der Waals surface area contributed by atoms with Crippen molar-refractivity contribution in [3.63, 3.8) is 0 Å². The highest BCUT2D eigenvalue weighted by atomic mass is 35.5. The van der Waals surface area contributed by atoms with Crippen LogP contribution in [0.1, 0.15) is 16.7 Å². The monoisotopic (exact) mass is 480 g/mol. The van der Waals surface area contributed by atoms with Crippen molar-refractivity contribution >= 4 is 34.3 Å². The SMILES string of the molecule is Cc1cc(-c2cccnc2Cl)cc(C)c1Oc1nc(Nc2ccc(C#N)cc2)nc2ccn(C)c12. The Morgan fingerprint density at radius 3 is 2.46 bits per heavy atom. The van der Waals surface area contributed by atoms with E-state index in [1.807, 2.05) is 74.1 Å². The second-order valence-corrected chi connectivity index (χ2v) is 8.57. The van der Waals surface area contributed by atoms with Gasteiger partial charge in [-0.2, -0.15) is 10.2 Å². The molecule has 172 valence electrons. The largest absolute Gasteiger partial charge is 0.436 e. The van der Waals surface area contributed by atoms with Gasteiger partial charge in [0.1, 0.15) is 16.4 Å². The van der Waals surface area contributed by atoms with E-state index >= 15 is 0 Å². The van der Waals surface area contributed by atoms with Crippen molar-refractivity contribution in [2.45, 2.75) is 13.8 Å². The number of halogens is 1. The third-order valence-electron chi connectivity index (χ3n) is 5.69. The molecule has 3 aromatic heterocycles. The number of nitrogens with one attached hydrogen (secondary N) is 1. The van der Waals surface area contributed by atoms with Gasteiger partial charge in [-0.15, -0.1) is 0 Å². The minimum absolute atomic E-state index is 0.400. The summed E-state index contributed by atoms with van der Waals surface area (Å²) in [5, 5.41) is 12.7. The summed E-state index contributed by atoms with van der Waals surface area (Å²) in [5.74, 6) is 1.56. The molecule has 0 aliphatic carbocycles. The molecule has 5 rings (SSSR count). The highest BCUT2D eigenvalue weighted by Crippen LogP contribution is 2.37. The molecule has 0 atom stereocenters. The van der Waals surface area contributed by atoms with Crippen LogP contribution in [-0.4, -0.2) is 19.5 Å². The van der Waals surface area contributed by atoms with E-state index in [-0.39, 0.29) is 0 Å². The van der Waals surface area contributed by atoms with Crippen molar-refractivity contribution < 1.29 is 4.74 Å². The van der Waals surface area contributed by atoms with Crippen LogP contribution in [0.25, 0.3) is 22.2 Å². The summed E-state index contributed by atoms with van der Waals surface area (Å²) in [6.07, 6.45) is 3.59. The molecule has 7 nitrogen and oxygen atoms in total. The number of pyridine rings is 1. The molecule has 1 N–H and O–H groups in total. The molecule has 0 amide bonds. The molecule has 0 bridgehead atoms. The predicted octanol–water partition coefficient (Wildman–Crippen LogP) is 6.71. The molecular weight excluding hydrogens is 460 g/mol. The lowest BCUT2D eigenvalue weighted by Crippen LogP contribution is -2.02. The second kappa shape index (κ2) is 9.09. The number of nitriles is 1. The number of hydrogen-bond acceptors (Lipinski definition) is 6. The molecular formula is C27H21ClN6O. The molecule has 0 fully saturated rings. The summed E-state index contributed by atoms with van der Waals surface area (Å²) < 4.78 is 8.36. The Hall–Kier alpha value is -4.41. The predicted molar refractivity (Wildman–Crippen MR) is 137 cm³/mol. The zero-order chi connectivity index (χ0) is 24.5. The first-order chi connectivity index (χ1) is 16.9. The Morgan fingerprint density at radius 2 is 1.77 bits per heavy atom. The van der Waals surface area contributed by atoms with Crippen molar-refractivity contribution in [3.8, 4) is 28.8 Å². The number of benzene rings is 2. The Balaban J connectivity index is 1.53. The van der Waals surface area contributed by atoms with Gasteiger partial charge >= 0.3 is 0 Å². The minimum Gasteiger partial charge on any atom is -0.436 e. The fourth-order valence-corrected chi connectivity index (χ4v) is 4.23. The lowest BCUT2D eigenvalue weighted by molar-refractivity contribution is 0.459. The zero-order valence-corrected chi connectivity index (χ0v) is 20.1. The normalized spacial score (nSPS) is 10.8. The molecule has 2 aromatic carbocycles. The summed E-state index contributed by atoms with van der Waals surface area (Å²) in [6.45, 7) is 3.99. The minimum atomic E-state index is 0.400. The van der Waals surface area contributed by atoms with Gasteiger partial charge in [-0.1, -0.05) is 11.6 Å². The molecule has 3 heterocycles. The fourth-order valence-electron chi connectivity index (χ4n) is 4.00. The maximum atomic E-state index is 9.03. The van der Waals surface area contributed by atoms with Crippen LogP contribution in [0.4, 0.5) is 11.6 Å². The Morgan fingerprint density at radius 1 is 1.03 bits per heavy atom. The third-order valence-corrected chi connectivity index (χ3v) is 5.99. The smallest absolute Gasteiger partial charge is 0.249 e. The van der Waals surface area contributed by atoms with Gasteiger partial charge in [0.25, 0.3) is 0 Å². The number of ether oxygens (including phenoxy) is 1. The average Bonchev–Trinajstić information content (AvgIpc) is 3.22. The molecule has 8 heteroatoms. The van der Waals surface area contributed by atoms with Gasteiger partial charge in [-0.3, -0.25) is 0 Å². The molecule has 0 saturated heterocycles. The van der Waals surface area contributed by atoms with Crippen LogP contribution in [0.5, 0.6) is 11.6 Å². The summed E-state index contributed by atoms with van der Waals surface area (Å²) in [4.78, 5) is 13.5. The van der Waals surface area contributed by atoms with Gasteiger partial charge in [0.2, 0.25) is 11.8 Å². The van der Waals surface area contributed by atoms with E-state index in [1.54, 1.807) is 18.3 Å². The number of hydrogen-bond donors (Lipinski definition) is 1. The van der Waals surface area contributed by atoms with E-state index < -0.39 is 0 Å². The van der Waals surface area contributed by atoms with Gasteiger partial charge < -0.3 is 14.6 Å². The number of aromatic nitrogens is 4. The number of fused-ring (bicyclic) bond motifs is 1. The van der Waals surface area contributed by atoms with Crippen molar-refractivity contribution in [1.82, 2.24) is 19.5 Å². The van der Waals surface area contributed by atoms with Gasteiger partial charge in [0.15, 0.2) is 0 Å². The Bertz CT molecular complexity index is 1580. The summed E-state index contributed by atoms with van der Waals surface area (Å²) in [7, 11) is 1.93. The van der Waals surface area contributed by atoms with E-state index in [4.69, 9.17) is 21.6 Å². The molecule has 5 aromatic rings. The Kier molecular flexibility index (Phi) is 5.81. The zero-order valence-electron chi connectivity index (χ0n) is 19.4. The molecule has 0 spiro atoms. The van der Waals surface area contributed by atoms with E-state index in [0.717, 1.165) is 44.7 Å². The van der Waals surface area contributed by atoms with Crippen molar-refractivity contribution in [2.24, 2.45) is 7.05 Å². The van der Waals surface area contributed by atoms with Crippen LogP contribution in [0.3, 0.4) is 0 Å². The third kappa shape index (κ3) is 4.39. The summed E-state index contributed by atoms with van der Waals surface area (Å²) >= 11 is 6.32. The van der Waals surface area contributed by atoms with Crippen LogP contribution in [0, 0.1) is 25.2 Å². The first-order valence-corrected chi connectivity index (χ1v) is 11.3. The molecule has 35 heavy (non-hydrogen) atoms. The number of nitrogens with zero attached hydrogens (tertiary/aromatic N) is 5. The first-order valence-electron chi connectivity index (χ1n) is 10.9. The topological polar surface area (TPSA) is 88.7 Å². The van der Waals surface area contributed by atoms with Crippen molar-refractivity contribution in [3.05, 3.63) is 88.8 Å². The standard InChI is InChI=1S/C27H21ClN6O/c1-16-13-19(21-5-4-11-30-25(21)28)14-17(2)24(16)35-26-23-22(10-12-34(23)3)32-27(33-26)31-20-8-6-18(15-29)7-9-20/h4-14H,1-3H3,(H,31,32,33). The van der Waals surface area contributed by atoms with Crippen LogP contribution >= 0.6 is 11.6 Å². The maximum Gasteiger partial charge on any atom is 0.249 e. The molecule has 0 unspecified atom stereocenters. The lowest BCUT2D eigenvalue weighted by atomic mass is 10.0. The maximum absolute atomic E-state index is 9.03. The second-order valence-electron chi connectivity index (χ2n) is 8.21. The van der Waals surface area contributed by atoms with E-state index in [2.05, 4.69) is 26.3 Å². The number of rotatable bonds is 5. The van der Waals surface area contributed by atoms with Gasteiger partial charge in [-0.05, 0) is 85.1 Å². The first kappa shape index (κ1) is 22.4. The van der Waals surface area contributed by atoms with Crippen LogP contribution in [-0.2, 0) is 7.05 Å². The highest BCUT2D eigenvalue weighted by Gasteiger charge is 2.17. The average molecular weight is 481 g/mol. The van der Waals surface area contributed by atoms with E-state index in [0.29, 0.717) is 22.5 Å². The van der Waals surface area contributed by atoms with Gasteiger partial charge in [-0.25, -0.2) is 9.97 Å². The number of aryl methyl sites for hydroxylation is 3. The molecule has 0 saturated carbocycles. The van der Waals surface area contributed by atoms with Crippen molar-refractivity contribution in [2.75, 3.05) is 5.32 Å². The molecule has 0 aliphatic rings. The molecule has 0 radical (unpaired) electrons. The van der Waals surface area contributed by atoms with Gasteiger partial charge in [0.05, 0.1) is 17.1 Å². The summed E-state index contributed by atoms with van der Waals surface area (Å²) in [5.41, 5.74) is 6.63. The van der Waals surface area contributed by atoms with E-state index in [1.165, 1.54) is 0 Å². The van der Waals surface area contributed by atoms with Gasteiger partial charge in [0, 0.05) is 30.7 Å². The van der Waals surface area contributed by atoms with E-state index in [9.17, 15) is 0 Å². The quantitative estimate of drug-likeness (QED) is 0.281. The van der Waals surface area contributed by atoms with Crippen LogP contribution in [0.15, 0.2) is 67.0 Å². The molecule has 0 aliphatic heterocycles. The van der Waals surface area contributed by atoms with Crippen LogP contribution < -0.4 is 10.1 Å². The van der Waals surface area contributed by atoms with Crippen LogP contribution in [0.2, 0.25) is 5.15 Å².